The molecule has 0 saturated carbocycles. The Morgan fingerprint density at radius 3 is 1.87 bits per heavy atom. The highest BCUT2D eigenvalue weighted by molar-refractivity contribution is 5.80. The third kappa shape index (κ3) is 9.78. The van der Waals surface area contributed by atoms with Crippen molar-refractivity contribution in [2.45, 2.75) is 115 Å². The van der Waals surface area contributed by atoms with Crippen LogP contribution in [0.4, 0.5) is 0 Å². The van der Waals surface area contributed by atoms with Crippen LogP contribution in [-0.4, -0.2) is 60.8 Å². The monoisotopic (exact) mass is 428 g/mol. The Hall–Kier alpha value is -1.14. The van der Waals surface area contributed by atoms with E-state index in [1.165, 1.54) is 38.5 Å². The number of nitrogens with zero attached hydrogens (tertiary/aromatic N) is 1. The fraction of sp³-hybridized carbons (Fsp3) is 0.917. The first-order valence-corrected chi connectivity index (χ1v) is 12.1. The molecule has 0 aromatic heterocycles. The molecule has 30 heavy (non-hydrogen) atoms. The molecule has 6 heteroatoms. The number of carboxylic acid groups (broad SMARTS) is 1. The minimum atomic E-state index is -1.22. The zero-order chi connectivity index (χ0) is 23.0. The first-order valence-electron chi connectivity index (χ1n) is 12.1. The normalized spacial score (nSPS) is 14.9. The molecule has 2 N–H and O–H groups in total. The fourth-order valence-electron chi connectivity index (χ4n) is 4.42. The molecular formula is C24H48N2O4. The molecule has 1 amide bonds. The first-order chi connectivity index (χ1) is 14.2. The number of rotatable bonds is 19. The second-order valence-corrected chi connectivity index (χ2v) is 9.51. The average molecular weight is 429 g/mol. The number of aliphatic hydroxyl groups is 1. The van der Waals surface area contributed by atoms with E-state index in [1.54, 1.807) is 0 Å². The quantitative estimate of drug-likeness (QED) is 0.244. The summed E-state index contributed by atoms with van der Waals surface area (Å²) in [6.07, 6.45) is 13.2. The van der Waals surface area contributed by atoms with E-state index in [4.69, 9.17) is 5.11 Å². The molecule has 0 aliphatic rings. The lowest BCUT2D eigenvalue weighted by molar-refractivity contribution is -0.918. The molecule has 0 bridgehead atoms. The van der Waals surface area contributed by atoms with E-state index < -0.39 is 17.6 Å². The predicted molar refractivity (Wildman–Crippen MR) is 121 cm³/mol. The van der Waals surface area contributed by atoms with E-state index in [0.717, 1.165) is 19.3 Å². The summed E-state index contributed by atoms with van der Waals surface area (Å²) in [5.41, 5.74) is -1.22. The lowest BCUT2D eigenvalue weighted by Gasteiger charge is -2.51. The number of hydrogen-bond donors (Lipinski definition) is 2. The van der Waals surface area contributed by atoms with E-state index in [9.17, 15) is 14.7 Å². The van der Waals surface area contributed by atoms with Crippen molar-refractivity contribution >= 4 is 11.9 Å². The van der Waals surface area contributed by atoms with Crippen LogP contribution in [0, 0.1) is 0 Å². The van der Waals surface area contributed by atoms with Gasteiger partial charge in [0.1, 0.15) is 5.97 Å². The maximum absolute atomic E-state index is 12.6. The zero-order valence-electron chi connectivity index (χ0n) is 20.3. The summed E-state index contributed by atoms with van der Waals surface area (Å²) in [6.45, 7) is 4.16. The number of likely N-dealkylation sites (N-methyl/N-ethyl adjacent to an activating group) is 1. The Balaban J connectivity index is 4.71. The lowest BCUT2D eigenvalue weighted by Crippen LogP contribution is -2.74. The maximum Gasteiger partial charge on any atom is 0.220 e. The van der Waals surface area contributed by atoms with Crippen LogP contribution >= 0.6 is 0 Å². The number of unbranched alkanes of at least 4 members (excludes halogenated alkanes) is 9. The molecule has 0 fully saturated rings. The highest BCUT2D eigenvalue weighted by Gasteiger charge is 2.50. The standard InChI is InChI=1S/C24H48N2O4/c1-6-8-9-10-11-12-13-14-15-18-22(28)25-21(7-2)24(23(29)30,26(3,4)5)19-16-17-20-27/h21,27H,6-20H2,1-5H3,(H-,25,28,29,30). The highest BCUT2D eigenvalue weighted by Crippen LogP contribution is 2.31. The molecule has 0 saturated heterocycles. The summed E-state index contributed by atoms with van der Waals surface area (Å²) in [5, 5.41) is 24.5. The van der Waals surface area contributed by atoms with Gasteiger partial charge in [-0.15, -0.1) is 0 Å². The van der Waals surface area contributed by atoms with Crippen LogP contribution in [0.5, 0.6) is 0 Å². The molecule has 0 rings (SSSR count). The van der Waals surface area contributed by atoms with E-state index in [0.29, 0.717) is 32.1 Å². The molecule has 6 nitrogen and oxygen atoms in total. The zero-order valence-corrected chi connectivity index (χ0v) is 20.3. The summed E-state index contributed by atoms with van der Waals surface area (Å²) < 4.78 is 0.164. The van der Waals surface area contributed by atoms with Gasteiger partial charge < -0.3 is 24.8 Å². The Morgan fingerprint density at radius 1 is 0.900 bits per heavy atom. The number of aliphatic carboxylic acids is 1. The number of quaternary nitrogens is 1. The van der Waals surface area contributed by atoms with Crippen molar-refractivity contribution in [3.8, 4) is 0 Å². The number of hydrogen-bond acceptors (Lipinski definition) is 4. The maximum atomic E-state index is 12.6. The van der Waals surface area contributed by atoms with Crippen LogP contribution in [0.2, 0.25) is 0 Å². The van der Waals surface area contributed by atoms with Crippen molar-refractivity contribution in [1.29, 1.82) is 0 Å². The Bertz CT molecular complexity index is 476. The van der Waals surface area contributed by atoms with Crippen molar-refractivity contribution in [3.63, 3.8) is 0 Å². The van der Waals surface area contributed by atoms with Crippen molar-refractivity contribution < 1.29 is 24.3 Å². The SMILES string of the molecule is CCCCCCCCCCCC(=O)NC(CC)C(CCCCO)(C(=O)[O-])[N+](C)(C)C. The van der Waals surface area contributed by atoms with Gasteiger partial charge in [-0.05, 0) is 25.7 Å². The lowest BCUT2D eigenvalue weighted by atomic mass is 9.80. The van der Waals surface area contributed by atoms with Crippen LogP contribution in [0.15, 0.2) is 0 Å². The second kappa shape index (κ2) is 15.6. The molecule has 0 spiro atoms. The van der Waals surface area contributed by atoms with Gasteiger partial charge in [0.25, 0.3) is 0 Å². The molecule has 0 aromatic rings. The van der Waals surface area contributed by atoms with Gasteiger partial charge in [0, 0.05) is 19.4 Å². The summed E-state index contributed by atoms with van der Waals surface area (Å²) in [4.78, 5) is 24.9. The number of carboxylic acids is 1. The highest BCUT2D eigenvalue weighted by atomic mass is 16.4. The van der Waals surface area contributed by atoms with Gasteiger partial charge in [0.15, 0.2) is 5.54 Å². The third-order valence-electron chi connectivity index (χ3n) is 6.34. The van der Waals surface area contributed by atoms with Crippen molar-refractivity contribution in [2.75, 3.05) is 27.7 Å². The third-order valence-corrected chi connectivity index (χ3v) is 6.34. The summed E-state index contributed by atoms with van der Waals surface area (Å²) in [6, 6.07) is -0.507. The Kier molecular flexibility index (Phi) is 15.0. The topological polar surface area (TPSA) is 89.5 Å². The molecule has 0 aliphatic heterocycles. The van der Waals surface area contributed by atoms with Gasteiger partial charge in [-0.1, -0.05) is 65.2 Å². The first kappa shape index (κ1) is 28.9. The molecule has 2 unspecified atom stereocenters. The van der Waals surface area contributed by atoms with E-state index in [-0.39, 0.29) is 17.0 Å². The van der Waals surface area contributed by atoms with E-state index in [1.807, 2.05) is 28.1 Å². The van der Waals surface area contributed by atoms with Gasteiger partial charge in [-0.25, -0.2) is 0 Å². The van der Waals surface area contributed by atoms with Crippen molar-refractivity contribution in [2.24, 2.45) is 0 Å². The van der Waals surface area contributed by atoms with Gasteiger partial charge in [-0.2, -0.15) is 0 Å². The van der Waals surface area contributed by atoms with Crippen LogP contribution in [-0.2, 0) is 9.59 Å². The van der Waals surface area contributed by atoms with Gasteiger partial charge in [-0.3, -0.25) is 4.79 Å². The molecule has 178 valence electrons. The molecule has 0 aromatic carbocycles. The van der Waals surface area contributed by atoms with Crippen LogP contribution in [0.1, 0.15) is 104 Å². The predicted octanol–water partition coefficient (Wildman–Crippen LogP) is 3.16. The summed E-state index contributed by atoms with van der Waals surface area (Å²) in [5.74, 6) is -1.21. The Morgan fingerprint density at radius 2 is 1.43 bits per heavy atom. The number of aliphatic hydroxyl groups excluding tert-OH is 1. The van der Waals surface area contributed by atoms with Crippen LogP contribution < -0.4 is 10.4 Å². The molecule has 0 aliphatic carbocycles. The molecule has 2 atom stereocenters. The summed E-state index contributed by atoms with van der Waals surface area (Å²) in [7, 11) is 5.51. The number of amides is 1. The minimum Gasteiger partial charge on any atom is -0.544 e. The van der Waals surface area contributed by atoms with Crippen molar-refractivity contribution in [3.05, 3.63) is 0 Å². The van der Waals surface area contributed by atoms with Crippen molar-refractivity contribution in [1.82, 2.24) is 5.32 Å². The number of carbonyl (C=O) groups excluding carboxylic acids is 2. The van der Waals surface area contributed by atoms with Gasteiger partial charge >= 0.3 is 0 Å². The second-order valence-electron chi connectivity index (χ2n) is 9.51. The molecular weight excluding hydrogens is 380 g/mol. The number of carbonyl (C=O) groups is 2. The minimum absolute atomic E-state index is 0.0298. The fourth-order valence-corrected chi connectivity index (χ4v) is 4.42. The molecule has 0 radical (unpaired) electrons. The Labute approximate surface area is 185 Å². The number of nitrogens with one attached hydrogen (secondary N) is 1. The van der Waals surface area contributed by atoms with Gasteiger partial charge in [0.2, 0.25) is 5.91 Å². The van der Waals surface area contributed by atoms with Crippen LogP contribution in [0.3, 0.4) is 0 Å². The van der Waals surface area contributed by atoms with Crippen LogP contribution in [0.25, 0.3) is 0 Å². The van der Waals surface area contributed by atoms with E-state index >= 15 is 0 Å². The smallest absolute Gasteiger partial charge is 0.220 e. The molecule has 0 heterocycles. The largest absolute Gasteiger partial charge is 0.544 e. The van der Waals surface area contributed by atoms with Gasteiger partial charge in [0.05, 0.1) is 27.2 Å². The average Bonchev–Trinajstić information content (AvgIpc) is 2.67. The van der Waals surface area contributed by atoms with E-state index in [2.05, 4.69) is 12.2 Å². The summed E-state index contributed by atoms with van der Waals surface area (Å²) >= 11 is 0.